The minimum absolute atomic E-state index is 0.00199. The van der Waals surface area contributed by atoms with Crippen LogP contribution in [0, 0.1) is 17.8 Å². The molecule has 1 atom stereocenters. The predicted molar refractivity (Wildman–Crippen MR) is 88.8 cm³/mol. The molecule has 1 aliphatic rings. The van der Waals surface area contributed by atoms with Crippen molar-refractivity contribution in [1.29, 1.82) is 0 Å². The second kappa shape index (κ2) is 7.66. The van der Waals surface area contributed by atoms with E-state index in [1.54, 1.807) is 6.92 Å². The van der Waals surface area contributed by atoms with Crippen LogP contribution < -0.4 is 5.73 Å². The maximum Gasteiger partial charge on any atom is 0.416 e. The molecule has 0 spiro atoms. The Labute approximate surface area is 150 Å². The Morgan fingerprint density at radius 1 is 1.19 bits per heavy atom. The number of halogens is 6. The highest BCUT2D eigenvalue weighted by atomic mass is 32.2. The van der Waals surface area contributed by atoms with E-state index in [9.17, 15) is 26.3 Å². The van der Waals surface area contributed by atoms with E-state index in [0.29, 0.717) is 16.2 Å². The van der Waals surface area contributed by atoms with Gasteiger partial charge in [0.15, 0.2) is 0 Å². The number of allylic oxidation sites excluding steroid dienone is 1. The summed E-state index contributed by atoms with van der Waals surface area (Å²) in [5, 5.41) is 0. The molecule has 1 aromatic rings. The number of thioether (sulfide) groups is 1. The van der Waals surface area contributed by atoms with Gasteiger partial charge in [-0.2, -0.15) is 26.3 Å². The lowest BCUT2D eigenvalue weighted by molar-refractivity contribution is -0.158. The van der Waals surface area contributed by atoms with Gasteiger partial charge in [-0.05, 0) is 35.9 Å². The molecule has 0 amide bonds. The normalized spacial score (nSPS) is 17.9. The average molecular weight is 392 g/mol. The van der Waals surface area contributed by atoms with Crippen molar-refractivity contribution in [2.75, 3.05) is 12.3 Å². The highest BCUT2D eigenvalue weighted by molar-refractivity contribution is 7.99. The van der Waals surface area contributed by atoms with Crippen LogP contribution in [0.3, 0.4) is 0 Å². The van der Waals surface area contributed by atoms with Crippen LogP contribution in [0.15, 0.2) is 39.9 Å². The van der Waals surface area contributed by atoms with Crippen LogP contribution in [0.4, 0.5) is 26.3 Å². The van der Waals surface area contributed by atoms with Gasteiger partial charge in [0.2, 0.25) is 0 Å². The summed E-state index contributed by atoms with van der Waals surface area (Å²) in [6, 6.07) is 3.14. The molecule has 1 heterocycles. The molecule has 0 saturated heterocycles. The van der Waals surface area contributed by atoms with Crippen molar-refractivity contribution in [2.24, 2.45) is 16.6 Å². The third-order valence-electron chi connectivity index (χ3n) is 3.45. The third kappa shape index (κ3) is 4.97. The number of rotatable bonds is 2. The van der Waals surface area contributed by atoms with Crippen molar-refractivity contribution < 1.29 is 26.3 Å². The van der Waals surface area contributed by atoms with Crippen molar-refractivity contribution >= 4 is 17.5 Å². The standard InChI is InChI=1S/C17H14F6N2S/c1-2-26-15-8-11(16(18,19)20)5-3-10(15)4-6-14-13(24)7-12(9-25-14)17(21,22)23/h3,5,7-8,12H,2,9,24H2,1H3. The van der Waals surface area contributed by atoms with E-state index >= 15 is 0 Å². The summed E-state index contributed by atoms with van der Waals surface area (Å²) in [4.78, 5) is 4.08. The fourth-order valence-corrected chi connectivity index (χ4v) is 2.94. The van der Waals surface area contributed by atoms with Gasteiger partial charge in [0.05, 0.1) is 23.7 Å². The molecule has 0 bridgehead atoms. The number of benzene rings is 1. The molecular formula is C17H14F6N2S. The van der Waals surface area contributed by atoms with Crippen LogP contribution in [0.5, 0.6) is 0 Å². The molecule has 0 aliphatic carbocycles. The van der Waals surface area contributed by atoms with Gasteiger partial charge in [0.25, 0.3) is 0 Å². The Kier molecular flexibility index (Phi) is 5.96. The maximum atomic E-state index is 12.8. The summed E-state index contributed by atoms with van der Waals surface area (Å²) < 4.78 is 76.5. The highest BCUT2D eigenvalue weighted by Gasteiger charge is 2.39. The molecule has 0 fully saturated rings. The van der Waals surface area contributed by atoms with Gasteiger partial charge >= 0.3 is 12.4 Å². The molecular weight excluding hydrogens is 378 g/mol. The molecule has 2 nitrogen and oxygen atoms in total. The van der Waals surface area contributed by atoms with E-state index in [2.05, 4.69) is 16.8 Å². The zero-order chi connectivity index (χ0) is 19.5. The third-order valence-corrected chi connectivity index (χ3v) is 4.38. The molecule has 140 valence electrons. The summed E-state index contributed by atoms with van der Waals surface area (Å²) >= 11 is 1.19. The van der Waals surface area contributed by atoms with Crippen LogP contribution in [0.2, 0.25) is 0 Å². The number of hydrogen-bond donors (Lipinski definition) is 1. The number of dihydropyridines is 1. The van der Waals surface area contributed by atoms with E-state index < -0.39 is 30.4 Å². The number of alkyl halides is 6. The predicted octanol–water partition coefficient (Wildman–Crippen LogP) is 4.64. The van der Waals surface area contributed by atoms with Gasteiger partial charge in [-0.1, -0.05) is 12.8 Å². The monoisotopic (exact) mass is 392 g/mol. The summed E-state index contributed by atoms with van der Waals surface area (Å²) in [5.41, 5.74) is 4.93. The van der Waals surface area contributed by atoms with Gasteiger partial charge in [-0.3, -0.25) is 4.99 Å². The quantitative estimate of drug-likeness (QED) is 0.452. The van der Waals surface area contributed by atoms with Crippen LogP contribution in [-0.4, -0.2) is 24.2 Å². The van der Waals surface area contributed by atoms with Crippen LogP contribution in [-0.2, 0) is 6.18 Å². The Morgan fingerprint density at radius 2 is 1.88 bits per heavy atom. The first-order valence-corrected chi connectivity index (χ1v) is 8.45. The van der Waals surface area contributed by atoms with Gasteiger partial charge in [0.1, 0.15) is 5.71 Å². The maximum absolute atomic E-state index is 12.8. The van der Waals surface area contributed by atoms with Gasteiger partial charge in [0, 0.05) is 10.5 Å². The average Bonchev–Trinajstić information content (AvgIpc) is 2.53. The molecule has 1 unspecified atom stereocenters. The number of hydrogen-bond acceptors (Lipinski definition) is 3. The topological polar surface area (TPSA) is 38.4 Å². The zero-order valence-electron chi connectivity index (χ0n) is 13.5. The number of aliphatic imine (C=N–C) groups is 1. The van der Waals surface area contributed by atoms with Gasteiger partial charge < -0.3 is 5.73 Å². The van der Waals surface area contributed by atoms with E-state index in [1.165, 1.54) is 17.8 Å². The van der Waals surface area contributed by atoms with E-state index in [-0.39, 0.29) is 11.4 Å². The molecule has 1 aliphatic heterocycles. The highest BCUT2D eigenvalue weighted by Crippen LogP contribution is 2.33. The SMILES string of the molecule is CCSc1cc(C(F)(F)F)ccc1C#CC1=NCC(C(F)(F)F)C=C1N. The first kappa shape index (κ1) is 20.2. The van der Waals surface area contributed by atoms with E-state index in [1.807, 2.05) is 0 Å². The minimum Gasteiger partial charge on any atom is -0.397 e. The molecule has 2 rings (SSSR count). The molecule has 9 heteroatoms. The van der Waals surface area contributed by atoms with Gasteiger partial charge in [-0.15, -0.1) is 11.8 Å². The largest absolute Gasteiger partial charge is 0.416 e. The van der Waals surface area contributed by atoms with Crippen molar-refractivity contribution in [1.82, 2.24) is 0 Å². The van der Waals surface area contributed by atoms with Crippen LogP contribution in [0.1, 0.15) is 18.1 Å². The second-order valence-corrected chi connectivity index (χ2v) is 6.66. The zero-order valence-corrected chi connectivity index (χ0v) is 14.3. The lowest BCUT2D eigenvalue weighted by atomic mass is 10.0. The molecule has 0 aromatic heterocycles. The Morgan fingerprint density at radius 3 is 2.42 bits per heavy atom. The van der Waals surface area contributed by atoms with Crippen LogP contribution in [0.25, 0.3) is 0 Å². The summed E-state index contributed by atoms with van der Waals surface area (Å²) in [6.07, 6.45) is -8.06. The first-order valence-electron chi connectivity index (χ1n) is 7.47. The molecule has 0 saturated carbocycles. The Hall–Kier alpha value is -2.08. The Bertz CT molecular complexity index is 796. The summed E-state index contributed by atoms with van der Waals surface area (Å²) in [7, 11) is 0. The summed E-state index contributed by atoms with van der Waals surface area (Å²) in [6.45, 7) is 1.27. The van der Waals surface area contributed by atoms with Crippen molar-refractivity contribution in [3.63, 3.8) is 0 Å². The molecule has 2 N–H and O–H groups in total. The fourth-order valence-electron chi connectivity index (χ4n) is 2.14. The lowest BCUT2D eigenvalue weighted by Crippen LogP contribution is -2.29. The second-order valence-electron chi connectivity index (χ2n) is 5.35. The molecule has 0 radical (unpaired) electrons. The minimum atomic E-state index is -4.47. The van der Waals surface area contributed by atoms with E-state index in [0.717, 1.165) is 18.2 Å². The van der Waals surface area contributed by atoms with E-state index in [4.69, 9.17) is 5.73 Å². The van der Waals surface area contributed by atoms with Crippen molar-refractivity contribution in [3.05, 3.63) is 41.1 Å². The lowest BCUT2D eigenvalue weighted by Gasteiger charge is -2.19. The molecule has 1 aromatic carbocycles. The molecule has 26 heavy (non-hydrogen) atoms. The van der Waals surface area contributed by atoms with Gasteiger partial charge in [-0.25, -0.2) is 0 Å². The fraction of sp³-hybridized carbons (Fsp3) is 0.353. The van der Waals surface area contributed by atoms with Crippen molar-refractivity contribution in [2.45, 2.75) is 24.2 Å². The summed E-state index contributed by atoms with van der Waals surface area (Å²) in [5.74, 6) is 4.00. The Balaban J connectivity index is 2.30. The van der Waals surface area contributed by atoms with Crippen LogP contribution >= 0.6 is 11.8 Å². The van der Waals surface area contributed by atoms with Crippen molar-refractivity contribution in [3.8, 4) is 11.8 Å². The number of nitrogens with two attached hydrogens (primary N) is 1. The number of nitrogens with zero attached hydrogens (tertiary/aromatic N) is 1. The smallest absolute Gasteiger partial charge is 0.397 e. The first-order chi connectivity index (χ1) is 12.0.